The van der Waals surface area contributed by atoms with Crippen LogP contribution in [0.4, 0.5) is 0 Å². The third-order valence-corrected chi connectivity index (χ3v) is 2.81. The summed E-state index contributed by atoms with van der Waals surface area (Å²) in [6.07, 6.45) is 0.469. The van der Waals surface area contributed by atoms with Crippen molar-refractivity contribution in [2.45, 2.75) is 26.4 Å². The van der Waals surface area contributed by atoms with Crippen molar-refractivity contribution in [1.29, 1.82) is 0 Å². The lowest BCUT2D eigenvalue weighted by Gasteiger charge is -2.08. The first-order valence-electron chi connectivity index (χ1n) is 5.48. The van der Waals surface area contributed by atoms with E-state index in [4.69, 9.17) is 9.47 Å². The molecule has 0 aromatic heterocycles. The number of halogens is 1. The molecule has 4 heteroatoms. The fraction of sp³-hybridized carbons (Fsp3) is 0.462. The van der Waals surface area contributed by atoms with Gasteiger partial charge >= 0.3 is 0 Å². The number of ether oxygens (including phenoxy) is 2. The van der Waals surface area contributed by atoms with Crippen LogP contribution < -0.4 is 4.74 Å². The molecule has 0 amide bonds. The van der Waals surface area contributed by atoms with Crippen LogP contribution in [0, 0.1) is 0 Å². The quantitative estimate of drug-likeness (QED) is 0.810. The minimum atomic E-state index is 0.0794. The largest absolute Gasteiger partial charge is 0.496 e. The molecule has 0 atom stereocenters. The number of Topliss-reactive ketones (excluding diaryl/α,β-unsaturated/α-hetero) is 1. The van der Waals surface area contributed by atoms with Gasteiger partial charge in [0.05, 0.1) is 17.7 Å². The molecule has 0 unspecified atom stereocenters. The van der Waals surface area contributed by atoms with Crippen molar-refractivity contribution in [2.75, 3.05) is 13.7 Å². The van der Waals surface area contributed by atoms with Gasteiger partial charge in [0.1, 0.15) is 12.4 Å². The summed E-state index contributed by atoms with van der Waals surface area (Å²) in [5.74, 6) is 0.843. The highest BCUT2D eigenvalue weighted by molar-refractivity contribution is 9.10. The number of hydrogen-bond acceptors (Lipinski definition) is 3. The van der Waals surface area contributed by atoms with Crippen molar-refractivity contribution in [3.63, 3.8) is 0 Å². The van der Waals surface area contributed by atoms with Crippen LogP contribution in [0.1, 0.15) is 19.4 Å². The van der Waals surface area contributed by atoms with Crippen molar-refractivity contribution in [2.24, 2.45) is 0 Å². The average Bonchev–Trinajstić information content (AvgIpc) is 2.26. The Labute approximate surface area is 110 Å². The molecule has 1 rings (SSSR count). The van der Waals surface area contributed by atoms with Crippen LogP contribution in [0.15, 0.2) is 22.7 Å². The monoisotopic (exact) mass is 300 g/mol. The molecule has 0 radical (unpaired) electrons. The number of methoxy groups -OCH3 is 1. The van der Waals surface area contributed by atoms with Gasteiger partial charge in [-0.3, -0.25) is 4.79 Å². The van der Waals surface area contributed by atoms with Crippen LogP contribution in [0.3, 0.4) is 0 Å². The van der Waals surface area contributed by atoms with Gasteiger partial charge in [-0.05, 0) is 47.5 Å². The summed E-state index contributed by atoms with van der Waals surface area (Å²) in [6, 6.07) is 5.62. The SMILES string of the molecule is COc1ccc(CC(=O)COC(C)C)cc1Br. The van der Waals surface area contributed by atoms with Crippen LogP contribution in [0.2, 0.25) is 0 Å². The average molecular weight is 301 g/mol. The van der Waals surface area contributed by atoms with Crippen LogP contribution in [-0.2, 0) is 16.0 Å². The molecular weight excluding hydrogens is 284 g/mol. The lowest BCUT2D eigenvalue weighted by Crippen LogP contribution is -2.15. The van der Waals surface area contributed by atoms with Gasteiger partial charge in [-0.15, -0.1) is 0 Å². The van der Waals surface area contributed by atoms with Crippen molar-refractivity contribution >= 4 is 21.7 Å². The van der Waals surface area contributed by atoms with E-state index in [1.54, 1.807) is 7.11 Å². The molecule has 0 N–H and O–H groups in total. The lowest BCUT2D eigenvalue weighted by molar-refractivity contribution is -0.124. The number of ketones is 1. The van der Waals surface area contributed by atoms with Gasteiger partial charge in [-0.1, -0.05) is 6.07 Å². The molecule has 1 aromatic carbocycles. The zero-order valence-corrected chi connectivity index (χ0v) is 11.9. The van der Waals surface area contributed by atoms with E-state index >= 15 is 0 Å². The highest BCUT2D eigenvalue weighted by atomic mass is 79.9. The van der Waals surface area contributed by atoms with Gasteiger partial charge in [0.25, 0.3) is 0 Å². The molecule has 0 spiro atoms. The van der Waals surface area contributed by atoms with Crippen molar-refractivity contribution in [3.05, 3.63) is 28.2 Å². The summed E-state index contributed by atoms with van der Waals surface area (Å²) < 4.78 is 11.2. The van der Waals surface area contributed by atoms with Crippen LogP contribution >= 0.6 is 15.9 Å². The van der Waals surface area contributed by atoms with Gasteiger partial charge in [0.2, 0.25) is 0 Å². The molecular formula is C13H17BrO3. The smallest absolute Gasteiger partial charge is 0.162 e. The molecule has 0 aliphatic heterocycles. The van der Waals surface area contributed by atoms with Gasteiger partial charge < -0.3 is 9.47 Å². The highest BCUT2D eigenvalue weighted by Crippen LogP contribution is 2.25. The molecule has 3 nitrogen and oxygen atoms in total. The Morgan fingerprint density at radius 1 is 1.41 bits per heavy atom. The van der Waals surface area contributed by atoms with E-state index in [2.05, 4.69) is 15.9 Å². The first kappa shape index (κ1) is 14.2. The Balaban J connectivity index is 2.57. The van der Waals surface area contributed by atoms with Crippen LogP contribution in [0.25, 0.3) is 0 Å². The second kappa shape index (κ2) is 6.77. The highest BCUT2D eigenvalue weighted by Gasteiger charge is 2.07. The van der Waals surface area contributed by atoms with Crippen LogP contribution in [-0.4, -0.2) is 25.6 Å². The lowest BCUT2D eigenvalue weighted by atomic mass is 10.1. The zero-order valence-electron chi connectivity index (χ0n) is 10.3. The minimum Gasteiger partial charge on any atom is -0.496 e. The van der Waals surface area contributed by atoms with Gasteiger partial charge in [-0.2, -0.15) is 0 Å². The Kier molecular flexibility index (Phi) is 5.65. The van der Waals surface area contributed by atoms with E-state index in [-0.39, 0.29) is 18.5 Å². The summed E-state index contributed by atoms with van der Waals surface area (Å²) in [4.78, 5) is 11.6. The van der Waals surface area contributed by atoms with Gasteiger partial charge in [0.15, 0.2) is 5.78 Å². The number of rotatable bonds is 6. The summed E-state index contributed by atoms with van der Waals surface area (Å²) in [6.45, 7) is 4.00. The standard InChI is InChI=1S/C13H17BrO3/c1-9(2)17-8-11(15)6-10-4-5-13(16-3)12(14)7-10/h4-5,7,9H,6,8H2,1-3H3. The number of benzene rings is 1. The predicted molar refractivity (Wildman–Crippen MR) is 70.5 cm³/mol. The first-order valence-corrected chi connectivity index (χ1v) is 6.28. The molecule has 94 valence electrons. The third-order valence-electron chi connectivity index (χ3n) is 2.20. The van der Waals surface area contributed by atoms with E-state index in [9.17, 15) is 4.79 Å². The molecule has 0 heterocycles. The van der Waals surface area contributed by atoms with Gasteiger partial charge in [-0.25, -0.2) is 0 Å². The summed E-state index contributed by atoms with van der Waals surface area (Å²) >= 11 is 3.39. The zero-order chi connectivity index (χ0) is 12.8. The topological polar surface area (TPSA) is 35.5 Å². The molecule has 17 heavy (non-hydrogen) atoms. The number of carbonyl (C=O) groups excluding carboxylic acids is 1. The van der Waals surface area contributed by atoms with E-state index in [1.807, 2.05) is 32.0 Å². The van der Waals surface area contributed by atoms with E-state index < -0.39 is 0 Å². The first-order chi connectivity index (χ1) is 8.02. The van der Waals surface area contributed by atoms with E-state index in [0.29, 0.717) is 6.42 Å². The number of carbonyl (C=O) groups is 1. The Morgan fingerprint density at radius 3 is 2.65 bits per heavy atom. The Hall–Kier alpha value is -0.870. The van der Waals surface area contributed by atoms with Crippen molar-refractivity contribution < 1.29 is 14.3 Å². The van der Waals surface area contributed by atoms with E-state index in [1.165, 1.54) is 0 Å². The molecule has 0 fully saturated rings. The summed E-state index contributed by atoms with van der Waals surface area (Å²) in [5.41, 5.74) is 0.954. The second-order valence-corrected chi connectivity index (χ2v) is 4.90. The predicted octanol–water partition coefficient (Wildman–Crippen LogP) is 2.99. The maximum Gasteiger partial charge on any atom is 0.162 e. The molecule has 0 aliphatic rings. The summed E-state index contributed by atoms with van der Waals surface area (Å²) in [5, 5.41) is 0. The minimum absolute atomic E-state index is 0.0794. The molecule has 0 bridgehead atoms. The van der Waals surface area contributed by atoms with Crippen LogP contribution in [0.5, 0.6) is 5.75 Å². The molecule has 0 saturated heterocycles. The fourth-order valence-corrected chi connectivity index (χ4v) is 1.95. The molecule has 0 aliphatic carbocycles. The van der Waals surface area contributed by atoms with Gasteiger partial charge in [0, 0.05) is 6.42 Å². The van der Waals surface area contributed by atoms with Crippen molar-refractivity contribution in [3.8, 4) is 5.75 Å². The Bertz CT molecular complexity index is 388. The molecule has 1 aromatic rings. The number of hydrogen-bond donors (Lipinski definition) is 0. The normalized spacial score (nSPS) is 10.6. The van der Waals surface area contributed by atoms with Crippen molar-refractivity contribution in [1.82, 2.24) is 0 Å². The summed E-state index contributed by atoms with van der Waals surface area (Å²) in [7, 11) is 1.61. The second-order valence-electron chi connectivity index (χ2n) is 4.04. The fourth-order valence-electron chi connectivity index (χ4n) is 1.36. The Morgan fingerprint density at radius 2 is 2.12 bits per heavy atom. The third kappa shape index (κ3) is 4.88. The van der Waals surface area contributed by atoms with E-state index in [0.717, 1.165) is 15.8 Å². The maximum absolute atomic E-state index is 11.6. The maximum atomic E-state index is 11.6. The molecule has 0 saturated carbocycles.